The molecule has 0 spiro atoms. The number of carboxylic acids is 1. The fourth-order valence-corrected chi connectivity index (χ4v) is 1.73. The minimum absolute atomic E-state index is 0.169. The lowest BCUT2D eigenvalue weighted by Gasteiger charge is -2.00. The Bertz CT molecular complexity index is 789. The molecule has 0 fully saturated rings. The van der Waals surface area contributed by atoms with Crippen LogP contribution in [0.3, 0.4) is 0 Å². The van der Waals surface area contributed by atoms with Gasteiger partial charge in [0, 0.05) is 6.92 Å². The molecule has 0 atom stereocenters. The number of nitrogens with zero attached hydrogens (tertiary/aromatic N) is 1. The number of aromatic amines is 1. The van der Waals surface area contributed by atoms with Crippen molar-refractivity contribution in [3.8, 4) is 0 Å². The van der Waals surface area contributed by atoms with Crippen molar-refractivity contribution in [2.45, 2.75) is 6.92 Å². The predicted octanol–water partition coefficient (Wildman–Crippen LogP) is 2.17. The van der Waals surface area contributed by atoms with Crippen molar-refractivity contribution in [1.29, 1.82) is 0 Å². The number of hydrogen-bond acceptors (Lipinski definition) is 3. The Morgan fingerprint density at radius 1 is 1.21 bits per heavy atom. The highest BCUT2D eigenvalue weighted by atomic mass is 16.4. The fourth-order valence-electron chi connectivity index (χ4n) is 1.73. The summed E-state index contributed by atoms with van der Waals surface area (Å²) in [5.41, 5.74) is 1.42. The summed E-state index contributed by atoms with van der Waals surface area (Å²) in [6.45, 7) is 1.08. The minimum atomic E-state index is -0.833. The number of hydrogen-bond donors (Lipinski definition) is 2. The number of H-pyrrole nitrogens is 1. The number of rotatable bonds is 0. The second-order valence-electron chi connectivity index (χ2n) is 3.98. The van der Waals surface area contributed by atoms with Gasteiger partial charge in [0.1, 0.15) is 0 Å². The Hall–Kier alpha value is -2.69. The van der Waals surface area contributed by atoms with Crippen molar-refractivity contribution in [3.05, 3.63) is 52.9 Å². The van der Waals surface area contributed by atoms with Crippen molar-refractivity contribution in [3.63, 3.8) is 0 Å². The van der Waals surface area contributed by atoms with E-state index in [0.29, 0.717) is 0 Å². The fraction of sp³-hybridized carbons (Fsp3) is 0.0714. The van der Waals surface area contributed by atoms with E-state index >= 15 is 0 Å². The van der Waals surface area contributed by atoms with Gasteiger partial charge in [0.2, 0.25) is 0 Å². The third-order valence-electron chi connectivity index (χ3n) is 2.44. The molecule has 19 heavy (non-hydrogen) atoms. The van der Waals surface area contributed by atoms with Crippen LogP contribution in [0, 0.1) is 0 Å². The molecular weight excluding hydrogens is 244 g/mol. The van der Waals surface area contributed by atoms with Gasteiger partial charge < -0.3 is 10.1 Å². The maximum atomic E-state index is 11.1. The molecule has 5 nitrogen and oxygen atoms in total. The van der Waals surface area contributed by atoms with Gasteiger partial charge in [0.15, 0.2) is 0 Å². The monoisotopic (exact) mass is 256 g/mol. The maximum absolute atomic E-state index is 11.1. The van der Waals surface area contributed by atoms with E-state index in [1.807, 2.05) is 36.4 Å². The number of carbonyl (C=O) groups is 1. The van der Waals surface area contributed by atoms with Crippen molar-refractivity contribution in [1.82, 2.24) is 9.97 Å². The molecule has 1 heterocycles. The van der Waals surface area contributed by atoms with Crippen LogP contribution in [0.5, 0.6) is 0 Å². The summed E-state index contributed by atoms with van der Waals surface area (Å²) in [5, 5.41) is 9.65. The van der Waals surface area contributed by atoms with Gasteiger partial charge in [-0.2, -0.15) is 0 Å². The number of nitrogens with one attached hydrogen (secondary N) is 1. The molecule has 0 aliphatic carbocycles. The lowest BCUT2D eigenvalue weighted by Crippen LogP contribution is -2.04. The summed E-state index contributed by atoms with van der Waals surface area (Å²) < 4.78 is 0. The lowest BCUT2D eigenvalue weighted by molar-refractivity contribution is -0.134. The molecule has 2 N–H and O–H groups in total. The van der Waals surface area contributed by atoms with E-state index in [1.54, 1.807) is 0 Å². The second-order valence-corrected chi connectivity index (χ2v) is 3.98. The van der Waals surface area contributed by atoms with E-state index in [0.717, 1.165) is 28.7 Å². The molecule has 5 heteroatoms. The molecule has 3 aromatic rings. The Morgan fingerprint density at radius 2 is 1.79 bits per heavy atom. The SMILES string of the molecule is CC(=O)O.O=c1cnc2cc3ccccc3cc2[nH]1. The van der Waals surface area contributed by atoms with Gasteiger partial charge in [0.05, 0.1) is 17.2 Å². The zero-order valence-electron chi connectivity index (χ0n) is 10.3. The van der Waals surface area contributed by atoms with Crippen LogP contribution in [0.4, 0.5) is 0 Å². The largest absolute Gasteiger partial charge is 0.481 e. The zero-order valence-corrected chi connectivity index (χ0v) is 10.3. The Balaban J connectivity index is 0.000000297. The molecular formula is C14H12N2O3. The highest BCUT2D eigenvalue weighted by Gasteiger charge is 1.98. The third-order valence-corrected chi connectivity index (χ3v) is 2.44. The molecule has 0 aliphatic rings. The van der Waals surface area contributed by atoms with Gasteiger partial charge in [-0.1, -0.05) is 24.3 Å². The molecule has 0 saturated carbocycles. The van der Waals surface area contributed by atoms with Crippen LogP contribution in [-0.2, 0) is 4.79 Å². The summed E-state index contributed by atoms with van der Waals surface area (Å²) in [4.78, 5) is 27.0. The topological polar surface area (TPSA) is 83.0 Å². The van der Waals surface area contributed by atoms with Crippen LogP contribution in [0.15, 0.2) is 47.4 Å². The van der Waals surface area contributed by atoms with E-state index in [-0.39, 0.29) is 5.56 Å². The van der Waals surface area contributed by atoms with Crippen LogP contribution in [-0.4, -0.2) is 21.0 Å². The van der Waals surface area contributed by atoms with E-state index in [4.69, 9.17) is 9.90 Å². The standard InChI is InChI=1S/C12H8N2O.C2H4O2/c15-12-7-13-10-5-8-3-1-2-4-9(8)6-11(10)14-12;1-2(3)4/h1-7H,(H,14,15);1H3,(H,3,4). The van der Waals surface area contributed by atoms with E-state index in [9.17, 15) is 4.79 Å². The van der Waals surface area contributed by atoms with Crippen molar-refractivity contribution in [2.75, 3.05) is 0 Å². The Labute approximate surface area is 108 Å². The molecule has 96 valence electrons. The molecule has 0 saturated heterocycles. The Morgan fingerprint density at radius 3 is 2.42 bits per heavy atom. The molecule has 0 bridgehead atoms. The molecule has 0 radical (unpaired) electrons. The molecule has 0 unspecified atom stereocenters. The summed E-state index contributed by atoms with van der Waals surface area (Å²) in [5.74, 6) is -0.833. The smallest absolute Gasteiger partial charge is 0.300 e. The predicted molar refractivity (Wildman–Crippen MR) is 73.2 cm³/mol. The number of carboxylic acid groups (broad SMARTS) is 1. The summed E-state index contributed by atoms with van der Waals surface area (Å²) >= 11 is 0. The van der Waals surface area contributed by atoms with Crippen LogP contribution < -0.4 is 5.56 Å². The van der Waals surface area contributed by atoms with Gasteiger partial charge in [0.25, 0.3) is 11.5 Å². The molecule has 0 amide bonds. The zero-order chi connectivity index (χ0) is 13.8. The number of fused-ring (bicyclic) bond motifs is 2. The highest BCUT2D eigenvalue weighted by Crippen LogP contribution is 2.18. The van der Waals surface area contributed by atoms with Crippen molar-refractivity contribution in [2.24, 2.45) is 0 Å². The van der Waals surface area contributed by atoms with Gasteiger partial charge in [-0.3, -0.25) is 9.59 Å². The summed E-state index contributed by atoms with van der Waals surface area (Å²) in [7, 11) is 0. The average molecular weight is 256 g/mol. The van der Waals surface area contributed by atoms with Crippen LogP contribution in [0.1, 0.15) is 6.92 Å². The van der Waals surface area contributed by atoms with Crippen LogP contribution in [0.25, 0.3) is 21.8 Å². The molecule has 1 aromatic heterocycles. The lowest BCUT2D eigenvalue weighted by atomic mass is 10.1. The van der Waals surface area contributed by atoms with Crippen LogP contribution >= 0.6 is 0 Å². The van der Waals surface area contributed by atoms with Gasteiger partial charge >= 0.3 is 0 Å². The molecule has 2 aromatic carbocycles. The summed E-state index contributed by atoms with van der Waals surface area (Å²) in [6.07, 6.45) is 1.30. The first-order chi connectivity index (χ1) is 9.06. The normalized spacial score (nSPS) is 9.95. The average Bonchev–Trinajstić information content (AvgIpc) is 2.35. The molecule has 3 rings (SSSR count). The van der Waals surface area contributed by atoms with Crippen molar-refractivity contribution < 1.29 is 9.90 Å². The summed E-state index contributed by atoms with van der Waals surface area (Å²) in [6, 6.07) is 11.9. The van der Waals surface area contributed by atoms with Crippen LogP contribution in [0.2, 0.25) is 0 Å². The number of aliphatic carboxylic acids is 1. The number of aromatic nitrogens is 2. The maximum Gasteiger partial charge on any atom is 0.300 e. The minimum Gasteiger partial charge on any atom is -0.481 e. The first kappa shape index (κ1) is 12.8. The van der Waals surface area contributed by atoms with E-state index in [2.05, 4.69) is 9.97 Å². The van der Waals surface area contributed by atoms with E-state index in [1.165, 1.54) is 6.20 Å². The Kier molecular flexibility index (Phi) is 3.56. The van der Waals surface area contributed by atoms with Gasteiger partial charge in [-0.15, -0.1) is 0 Å². The quantitative estimate of drug-likeness (QED) is 0.604. The number of benzene rings is 2. The van der Waals surface area contributed by atoms with Crippen molar-refractivity contribution >= 4 is 27.8 Å². The third kappa shape index (κ3) is 3.16. The van der Waals surface area contributed by atoms with Gasteiger partial charge in [-0.25, -0.2) is 4.98 Å². The first-order valence-electron chi connectivity index (χ1n) is 5.63. The van der Waals surface area contributed by atoms with E-state index < -0.39 is 5.97 Å². The second kappa shape index (κ2) is 5.30. The van der Waals surface area contributed by atoms with Gasteiger partial charge in [-0.05, 0) is 22.9 Å². The first-order valence-corrected chi connectivity index (χ1v) is 5.63. The highest BCUT2D eigenvalue weighted by molar-refractivity contribution is 5.94. The molecule has 0 aliphatic heterocycles.